The second kappa shape index (κ2) is 6.21. The largest absolute Gasteiger partial charge is 0.358 e. The van der Waals surface area contributed by atoms with Crippen molar-refractivity contribution in [2.24, 2.45) is 0 Å². The van der Waals surface area contributed by atoms with E-state index in [1.54, 1.807) is 13.0 Å². The first-order valence-corrected chi connectivity index (χ1v) is 6.65. The minimum absolute atomic E-state index is 0.178. The van der Waals surface area contributed by atoms with Gasteiger partial charge in [-0.1, -0.05) is 18.2 Å². The van der Waals surface area contributed by atoms with E-state index in [1.807, 2.05) is 18.2 Å². The van der Waals surface area contributed by atoms with E-state index in [0.717, 1.165) is 10.9 Å². The zero-order chi connectivity index (χ0) is 15.4. The minimum Gasteiger partial charge on any atom is -0.358 e. The first-order chi connectivity index (χ1) is 10.0. The Labute approximate surface area is 121 Å². The van der Waals surface area contributed by atoms with Gasteiger partial charge >= 0.3 is 0 Å². The van der Waals surface area contributed by atoms with Crippen LogP contribution in [0.3, 0.4) is 0 Å². The van der Waals surface area contributed by atoms with Crippen LogP contribution in [0.4, 0.5) is 0 Å². The third-order valence-electron chi connectivity index (χ3n) is 3.11. The first-order valence-electron chi connectivity index (χ1n) is 6.65. The first kappa shape index (κ1) is 14.8. The molecule has 0 radical (unpaired) electrons. The van der Waals surface area contributed by atoms with Crippen LogP contribution in [0.25, 0.3) is 10.9 Å². The predicted molar refractivity (Wildman–Crippen MR) is 79.1 cm³/mol. The number of fused-ring (bicyclic) bond motifs is 1. The van der Waals surface area contributed by atoms with Crippen LogP contribution in [-0.2, 0) is 9.59 Å². The maximum Gasteiger partial charge on any atom is 0.292 e. The number of hydrogen-bond donors (Lipinski definition) is 3. The number of hydrogen-bond acceptors (Lipinski definition) is 3. The number of aromatic nitrogens is 1. The Bertz CT molecular complexity index is 703. The number of aromatic amines is 1. The number of carbonyl (C=O) groups excluding carboxylic acids is 3. The molecule has 0 atom stereocenters. The number of nitrogens with one attached hydrogen (secondary N) is 3. The highest BCUT2D eigenvalue weighted by Gasteiger charge is 2.22. The molecule has 0 unspecified atom stereocenters. The lowest BCUT2D eigenvalue weighted by molar-refractivity contribution is -0.119. The van der Waals surface area contributed by atoms with Gasteiger partial charge in [-0.25, -0.2) is 0 Å². The number of para-hydroxylation sites is 1. The van der Waals surface area contributed by atoms with Crippen LogP contribution >= 0.6 is 0 Å². The molecule has 1 aromatic carbocycles. The Kier molecular flexibility index (Phi) is 4.37. The normalized spacial score (nSPS) is 10.4. The molecule has 0 saturated heterocycles. The molecule has 6 nitrogen and oxygen atoms in total. The molecule has 0 aliphatic rings. The summed E-state index contributed by atoms with van der Waals surface area (Å²) in [5, 5.41) is 5.78. The zero-order valence-corrected chi connectivity index (χ0v) is 11.9. The van der Waals surface area contributed by atoms with Crippen molar-refractivity contribution in [2.75, 3.05) is 13.1 Å². The predicted octanol–water partition coefficient (Wildman–Crippen LogP) is 0.911. The number of benzene rings is 1. The van der Waals surface area contributed by atoms with Crippen molar-refractivity contribution in [3.05, 3.63) is 35.5 Å². The molecule has 2 amide bonds. The molecule has 0 fully saturated rings. The molecular formula is C15H17N3O3. The average Bonchev–Trinajstić information content (AvgIpc) is 2.78. The number of amides is 2. The van der Waals surface area contributed by atoms with Gasteiger partial charge < -0.3 is 15.6 Å². The quantitative estimate of drug-likeness (QED) is 0.434. The molecule has 21 heavy (non-hydrogen) atoms. The fourth-order valence-corrected chi connectivity index (χ4v) is 2.18. The van der Waals surface area contributed by atoms with Crippen molar-refractivity contribution in [3.63, 3.8) is 0 Å². The Balaban J connectivity index is 2.09. The number of rotatable bonds is 5. The van der Waals surface area contributed by atoms with Crippen LogP contribution < -0.4 is 10.6 Å². The third kappa shape index (κ3) is 3.28. The van der Waals surface area contributed by atoms with Crippen LogP contribution in [0.1, 0.15) is 23.0 Å². The third-order valence-corrected chi connectivity index (χ3v) is 3.11. The summed E-state index contributed by atoms with van der Waals surface area (Å²) in [6.07, 6.45) is 0. The summed E-state index contributed by atoms with van der Waals surface area (Å²) in [6, 6.07) is 7.34. The highest BCUT2D eigenvalue weighted by atomic mass is 16.2. The maximum absolute atomic E-state index is 12.2. The van der Waals surface area contributed by atoms with Crippen molar-refractivity contribution >= 4 is 28.5 Å². The van der Waals surface area contributed by atoms with E-state index in [9.17, 15) is 14.4 Å². The second-order valence-electron chi connectivity index (χ2n) is 4.74. The summed E-state index contributed by atoms with van der Waals surface area (Å²) in [7, 11) is 0. The summed E-state index contributed by atoms with van der Waals surface area (Å²) in [5.74, 6) is -1.43. The van der Waals surface area contributed by atoms with Crippen molar-refractivity contribution in [2.45, 2.75) is 13.8 Å². The van der Waals surface area contributed by atoms with Gasteiger partial charge in [-0.05, 0) is 13.0 Å². The number of aryl methyl sites for hydroxylation is 1. The van der Waals surface area contributed by atoms with Crippen LogP contribution in [0, 0.1) is 6.92 Å². The molecule has 1 heterocycles. The van der Waals surface area contributed by atoms with E-state index in [-0.39, 0.29) is 12.5 Å². The van der Waals surface area contributed by atoms with E-state index >= 15 is 0 Å². The Morgan fingerprint density at radius 2 is 1.76 bits per heavy atom. The maximum atomic E-state index is 12.2. The summed E-state index contributed by atoms with van der Waals surface area (Å²) in [6.45, 7) is 3.66. The molecule has 0 aliphatic carbocycles. The zero-order valence-electron chi connectivity index (χ0n) is 11.9. The number of H-pyrrole nitrogens is 1. The van der Waals surface area contributed by atoms with Crippen molar-refractivity contribution < 1.29 is 14.4 Å². The summed E-state index contributed by atoms with van der Waals surface area (Å²) < 4.78 is 0. The van der Waals surface area contributed by atoms with Gasteiger partial charge in [-0.2, -0.15) is 0 Å². The average molecular weight is 287 g/mol. The van der Waals surface area contributed by atoms with Crippen molar-refractivity contribution in [1.29, 1.82) is 0 Å². The van der Waals surface area contributed by atoms with Crippen LogP contribution in [-0.4, -0.2) is 35.7 Å². The van der Waals surface area contributed by atoms with Gasteiger partial charge in [0.05, 0.1) is 5.56 Å². The SMILES string of the molecule is CC(=O)NCCNC(=O)C(=O)c1c(C)[nH]c2ccccc12. The lowest BCUT2D eigenvalue weighted by Gasteiger charge is -2.05. The number of carbonyl (C=O) groups is 3. The molecular weight excluding hydrogens is 270 g/mol. The van der Waals surface area contributed by atoms with Crippen LogP contribution in [0.2, 0.25) is 0 Å². The minimum atomic E-state index is -0.673. The molecule has 110 valence electrons. The molecule has 0 spiro atoms. The fraction of sp³-hybridized carbons (Fsp3) is 0.267. The fourth-order valence-electron chi connectivity index (χ4n) is 2.18. The van der Waals surface area contributed by atoms with E-state index in [4.69, 9.17) is 0 Å². The van der Waals surface area contributed by atoms with Gasteiger partial charge in [-0.3, -0.25) is 14.4 Å². The molecule has 0 saturated carbocycles. The molecule has 0 aliphatic heterocycles. The summed E-state index contributed by atoms with van der Waals surface area (Å²) in [5.41, 5.74) is 1.88. The lowest BCUT2D eigenvalue weighted by atomic mass is 10.1. The highest BCUT2D eigenvalue weighted by Crippen LogP contribution is 2.22. The van der Waals surface area contributed by atoms with E-state index < -0.39 is 11.7 Å². The lowest BCUT2D eigenvalue weighted by Crippen LogP contribution is -2.37. The van der Waals surface area contributed by atoms with Crippen LogP contribution in [0.15, 0.2) is 24.3 Å². The molecule has 2 rings (SSSR count). The Morgan fingerprint density at radius 1 is 1.10 bits per heavy atom. The van der Waals surface area contributed by atoms with Gasteiger partial charge in [0.1, 0.15) is 0 Å². The van der Waals surface area contributed by atoms with Crippen molar-refractivity contribution in [3.8, 4) is 0 Å². The van der Waals surface area contributed by atoms with Crippen molar-refractivity contribution in [1.82, 2.24) is 15.6 Å². The molecule has 3 N–H and O–H groups in total. The Hall–Kier alpha value is -2.63. The van der Waals surface area contributed by atoms with Gasteiger partial charge in [0.2, 0.25) is 5.91 Å². The molecule has 1 aromatic heterocycles. The van der Waals surface area contributed by atoms with E-state index in [0.29, 0.717) is 17.8 Å². The molecule has 6 heteroatoms. The highest BCUT2D eigenvalue weighted by molar-refractivity contribution is 6.45. The van der Waals surface area contributed by atoms with Gasteiger partial charge in [0, 0.05) is 36.6 Å². The topological polar surface area (TPSA) is 91.1 Å². The van der Waals surface area contributed by atoms with Gasteiger partial charge in [0.15, 0.2) is 0 Å². The number of Topliss-reactive ketones (excluding diaryl/α,β-unsaturated/α-hetero) is 1. The van der Waals surface area contributed by atoms with E-state index in [1.165, 1.54) is 6.92 Å². The smallest absolute Gasteiger partial charge is 0.292 e. The Morgan fingerprint density at radius 3 is 2.48 bits per heavy atom. The second-order valence-corrected chi connectivity index (χ2v) is 4.74. The summed E-state index contributed by atoms with van der Waals surface area (Å²) >= 11 is 0. The van der Waals surface area contributed by atoms with Crippen LogP contribution in [0.5, 0.6) is 0 Å². The van der Waals surface area contributed by atoms with Gasteiger partial charge in [0.25, 0.3) is 11.7 Å². The number of ketones is 1. The molecule has 0 bridgehead atoms. The summed E-state index contributed by atoms with van der Waals surface area (Å²) in [4.78, 5) is 37.9. The van der Waals surface area contributed by atoms with Gasteiger partial charge in [-0.15, -0.1) is 0 Å². The van der Waals surface area contributed by atoms with E-state index in [2.05, 4.69) is 15.6 Å². The standard InChI is InChI=1S/C15H17N3O3/c1-9-13(11-5-3-4-6-12(11)18-9)14(20)15(21)17-8-7-16-10(2)19/h3-6,18H,7-8H2,1-2H3,(H,16,19)(H,17,21). The molecule has 2 aromatic rings. The monoisotopic (exact) mass is 287 g/mol.